The van der Waals surface area contributed by atoms with E-state index in [0.717, 1.165) is 17.0 Å². The molecule has 0 heterocycles. The second kappa shape index (κ2) is 9.25. The Kier molecular flexibility index (Phi) is 6.26. The molecule has 0 aromatic heterocycles. The predicted octanol–water partition coefficient (Wildman–Crippen LogP) is 5.79. The van der Waals surface area contributed by atoms with Gasteiger partial charge in [0.2, 0.25) is 5.90 Å². The summed E-state index contributed by atoms with van der Waals surface area (Å²) in [7, 11) is 1.63. The summed E-state index contributed by atoms with van der Waals surface area (Å²) in [6, 6.07) is 26.6. The van der Waals surface area contributed by atoms with Crippen molar-refractivity contribution in [2.24, 2.45) is 4.99 Å². The van der Waals surface area contributed by atoms with Crippen molar-refractivity contribution in [3.8, 4) is 17.2 Å². The van der Waals surface area contributed by atoms with Gasteiger partial charge in [0.1, 0.15) is 17.2 Å². The molecule has 27 heavy (non-hydrogen) atoms. The molecule has 0 N–H and O–H groups in total. The number of para-hydroxylation sites is 2. The summed E-state index contributed by atoms with van der Waals surface area (Å²) in [5.41, 5.74) is 1.57. The van der Waals surface area contributed by atoms with Gasteiger partial charge < -0.3 is 14.2 Å². The van der Waals surface area contributed by atoms with Crippen LogP contribution in [-0.4, -0.2) is 13.0 Å². The summed E-state index contributed by atoms with van der Waals surface area (Å²) in [5.74, 6) is 2.67. The summed E-state index contributed by atoms with van der Waals surface area (Å²) < 4.78 is 16.9. The van der Waals surface area contributed by atoms with Crippen LogP contribution in [0.4, 0.5) is 5.69 Å². The van der Waals surface area contributed by atoms with E-state index in [4.69, 9.17) is 14.2 Å². The van der Waals surface area contributed by atoms with Crippen LogP contribution < -0.4 is 14.2 Å². The molecule has 4 heteroatoms. The summed E-state index contributed by atoms with van der Waals surface area (Å²) in [6.07, 6.45) is 1.63. The van der Waals surface area contributed by atoms with Crippen LogP contribution >= 0.6 is 0 Å². The highest BCUT2D eigenvalue weighted by Crippen LogP contribution is 2.20. The third kappa shape index (κ3) is 5.47. The number of hydrogen-bond acceptors (Lipinski definition) is 4. The molecule has 3 aromatic rings. The van der Waals surface area contributed by atoms with Crippen LogP contribution in [0.1, 0.15) is 6.92 Å². The number of aliphatic imine (C=N–C) groups is 1. The highest BCUT2D eigenvalue weighted by molar-refractivity contribution is 5.96. The second-order valence-corrected chi connectivity index (χ2v) is 5.76. The predicted molar refractivity (Wildman–Crippen MR) is 108 cm³/mol. The number of hydrogen-bond donors (Lipinski definition) is 0. The summed E-state index contributed by atoms with van der Waals surface area (Å²) in [6.45, 7) is 1.90. The highest BCUT2D eigenvalue weighted by atomic mass is 16.5. The molecule has 0 fully saturated rings. The Morgan fingerprint density at radius 3 is 1.96 bits per heavy atom. The van der Waals surface area contributed by atoms with E-state index >= 15 is 0 Å². The first-order valence-corrected chi connectivity index (χ1v) is 8.59. The van der Waals surface area contributed by atoms with E-state index in [0.29, 0.717) is 17.4 Å². The zero-order valence-electron chi connectivity index (χ0n) is 15.3. The second-order valence-electron chi connectivity index (χ2n) is 5.76. The van der Waals surface area contributed by atoms with E-state index in [-0.39, 0.29) is 0 Å². The highest BCUT2D eigenvalue weighted by Gasteiger charge is 2.07. The van der Waals surface area contributed by atoms with Crippen molar-refractivity contribution >= 4 is 11.6 Å². The summed E-state index contributed by atoms with van der Waals surface area (Å²) in [5, 5.41) is 0. The normalized spacial score (nSPS) is 11.8. The molecular weight excluding hydrogens is 338 g/mol. The van der Waals surface area contributed by atoms with Gasteiger partial charge in [-0.3, -0.25) is 0 Å². The van der Waals surface area contributed by atoms with E-state index in [1.807, 2.05) is 91.9 Å². The van der Waals surface area contributed by atoms with Crippen molar-refractivity contribution < 1.29 is 14.2 Å². The molecule has 0 saturated heterocycles. The van der Waals surface area contributed by atoms with Crippen molar-refractivity contribution in [3.05, 3.63) is 96.8 Å². The molecule has 0 aliphatic rings. The maximum absolute atomic E-state index is 5.99. The van der Waals surface area contributed by atoms with Gasteiger partial charge in [-0.05, 0) is 55.5 Å². The Bertz CT molecular complexity index is 901. The molecule has 0 unspecified atom stereocenters. The van der Waals surface area contributed by atoms with Gasteiger partial charge in [0.25, 0.3) is 0 Å². The fourth-order valence-corrected chi connectivity index (χ4v) is 2.27. The average Bonchev–Trinajstić information content (AvgIpc) is 2.73. The fourth-order valence-electron chi connectivity index (χ4n) is 2.27. The third-order valence-corrected chi connectivity index (χ3v) is 3.71. The Balaban J connectivity index is 1.82. The van der Waals surface area contributed by atoms with Crippen molar-refractivity contribution in [1.82, 2.24) is 0 Å². The van der Waals surface area contributed by atoms with E-state index < -0.39 is 0 Å². The maximum Gasteiger partial charge on any atom is 0.225 e. The van der Waals surface area contributed by atoms with Crippen LogP contribution in [0.3, 0.4) is 0 Å². The monoisotopic (exact) mass is 359 g/mol. The van der Waals surface area contributed by atoms with Crippen LogP contribution in [0, 0.1) is 0 Å². The van der Waals surface area contributed by atoms with E-state index in [9.17, 15) is 0 Å². The van der Waals surface area contributed by atoms with E-state index in [1.165, 1.54) is 0 Å². The molecule has 4 nitrogen and oxygen atoms in total. The molecule has 0 bridgehead atoms. The first-order chi connectivity index (χ1) is 13.2. The molecule has 0 aliphatic heterocycles. The van der Waals surface area contributed by atoms with Crippen molar-refractivity contribution in [2.75, 3.05) is 7.11 Å². The van der Waals surface area contributed by atoms with E-state index in [1.54, 1.807) is 13.4 Å². The lowest BCUT2D eigenvalue weighted by Gasteiger charge is -2.10. The van der Waals surface area contributed by atoms with Gasteiger partial charge in [-0.15, -0.1) is 0 Å². The van der Waals surface area contributed by atoms with Gasteiger partial charge in [0, 0.05) is 5.57 Å². The SMILES string of the molecule is COc1ccc(O/C=C(C)/C(=N/c2ccccc2)Oc2ccccc2)cc1. The molecule has 0 amide bonds. The van der Waals surface area contributed by atoms with Gasteiger partial charge in [0.05, 0.1) is 19.1 Å². The molecule has 136 valence electrons. The Morgan fingerprint density at radius 1 is 0.741 bits per heavy atom. The van der Waals surface area contributed by atoms with Crippen LogP contribution in [0.2, 0.25) is 0 Å². The smallest absolute Gasteiger partial charge is 0.225 e. The van der Waals surface area contributed by atoms with Crippen LogP contribution in [0.15, 0.2) is 102 Å². The Morgan fingerprint density at radius 2 is 1.33 bits per heavy atom. The maximum atomic E-state index is 5.99. The third-order valence-electron chi connectivity index (χ3n) is 3.71. The minimum absolute atomic E-state index is 0.473. The van der Waals surface area contributed by atoms with Crippen molar-refractivity contribution in [3.63, 3.8) is 0 Å². The lowest BCUT2D eigenvalue weighted by molar-refractivity contribution is 0.412. The van der Waals surface area contributed by atoms with Crippen molar-refractivity contribution in [1.29, 1.82) is 0 Å². The molecule has 0 radical (unpaired) electrons. The van der Waals surface area contributed by atoms with Gasteiger partial charge in [-0.1, -0.05) is 36.4 Å². The number of ether oxygens (including phenoxy) is 3. The minimum Gasteiger partial charge on any atom is -0.497 e. The van der Waals surface area contributed by atoms with Gasteiger partial charge >= 0.3 is 0 Å². The molecule has 0 atom stereocenters. The Hall–Kier alpha value is -3.53. The molecule has 0 saturated carbocycles. The standard InChI is InChI=1S/C23H21NO3/c1-18(17-26-21-15-13-20(25-2)14-16-21)23(24-19-9-5-3-6-10-19)27-22-11-7-4-8-12-22/h3-17H,1-2H3/b18-17+,24-23-. The van der Waals surface area contributed by atoms with Gasteiger partial charge in [0.15, 0.2) is 0 Å². The lowest BCUT2D eigenvalue weighted by Crippen LogP contribution is -2.10. The first-order valence-electron chi connectivity index (χ1n) is 8.59. The lowest BCUT2D eigenvalue weighted by atomic mass is 10.3. The van der Waals surface area contributed by atoms with Gasteiger partial charge in [-0.25, -0.2) is 4.99 Å². The largest absolute Gasteiger partial charge is 0.497 e. The van der Waals surface area contributed by atoms with Crippen LogP contribution in [0.25, 0.3) is 0 Å². The fraction of sp³-hybridized carbons (Fsp3) is 0.0870. The van der Waals surface area contributed by atoms with Gasteiger partial charge in [-0.2, -0.15) is 0 Å². The molecule has 3 aromatic carbocycles. The van der Waals surface area contributed by atoms with E-state index in [2.05, 4.69) is 4.99 Å². The average molecular weight is 359 g/mol. The van der Waals surface area contributed by atoms with Crippen molar-refractivity contribution in [2.45, 2.75) is 6.92 Å². The zero-order chi connectivity index (χ0) is 18.9. The van der Waals surface area contributed by atoms with Crippen LogP contribution in [0.5, 0.6) is 17.2 Å². The number of rotatable bonds is 6. The molecular formula is C23H21NO3. The molecule has 0 aliphatic carbocycles. The summed E-state index contributed by atoms with van der Waals surface area (Å²) in [4.78, 5) is 4.62. The number of methoxy groups -OCH3 is 1. The quantitative estimate of drug-likeness (QED) is 0.318. The minimum atomic E-state index is 0.473. The first kappa shape index (κ1) is 18.3. The number of benzene rings is 3. The summed E-state index contributed by atoms with van der Waals surface area (Å²) >= 11 is 0. The zero-order valence-corrected chi connectivity index (χ0v) is 15.3. The van der Waals surface area contributed by atoms with Crippen LogP contribution in [-0.2, 0) is 0 Å². The topological polar surface area (TPSA) is 40.0 Å². The molecule has 3 rings (SSSR count). The number of nitrogens with zero attached hydrogens (tertiary/aromatic N) is 1. The Labute approximate surface area is 159 Å². The molecule has 0 spiro atoms.